The van der Waals surface area contributed by atoms with Gasteiger partial charge in [-0.15, -0.1) is 11.8 Å². The van der Waals surface area contributed by atoms with Crippen molar-refractivity contribution in [3.05, 3.63) is 11.3 Å². The molecule has 80 valence electrons. The summed E-state index contributed by atoms with van der Waals surface area (Å²) in [6.45, 7) is 7.04. The average molecular weight is 213 g/mol. The van der Waals surface area contributed by atoms with Gasteiger partial charge in [0.25, 0.3) is 0 Å². The van der Waals surface area contributed by atoms with Crippen LogP contribution in [0.3, 0.4) is 0 Å². The van der Waals surface area contributed by atoms with E-state index in [2.05, 4.69) is 18.9 Å². The summed E-state index contributed by atoms with van der Waals surface area (Å²) in [7, 11) is 1.98. The molecule has 0 saturated heterocycles. The van der Waals surface area contributed by atoms with Crippen LogP contribution in [0.1, 0.15) is 25.1 Å². The largest absolute Gasteiger partial charge is 0.326 e. The van der Waals surface area contributed by atoms with E-state index in [0.29, 0.717) is 12.5 Å². The number of nitrogens with zero attached hydrogens (tertiary/aromatic N) is 2. The summed E-state index contributed by atoms with van der Waals surface area (Å²) >= 11 is 1.85. The molecule has 0 bridgehead atoms. The Hall–Kier alpha value is -0.480. The third-order valence-electron chi connectivity index (χ3n) is 2.05. The molecule has 0 fully saturated rings. The highest BCUT2D eigenvalue weighted by Gasteiger charge is 2.12. The second-order valence-electron chi connectivity index (χ2n) is 3.90. The van der Waals surface area contributed by atoms with Gasteiger partial charge in [0.1, 0.15) is 0 Å². The molecule has 3 nitrogen and oxygen atoms in total. The van der Waals surface area contributed by atoms with Crippen LogP contribution in [0.25, 0.3) is 0 Å². The van der Waals surface area contributed by atoms with Gasteiger partial charge in [-0.05, 0) is 12.8 Å². The Bertz CT molecular complexity index is 305. The van der Waals surface area contributed by atoms with E-state index in [1.165, 1.54) is 10.6 Å². The summed E-state index contributed by atoms with van der Waals surface area (Å²) in [4.78, 5) is 0. The predicted molar refractivity (Wildman–Crippen MR) is 61.4 cm³/mol. The van der Waals surface area contributed by atoms with Gasteiger partial charge >= 0.3 is 0 Å². The minimum atomic E-state index is 0.583. The Kier molecular flexibility index (Phi) is 4.01. The number of hydrogen-bond acceptors (Lipinski definition) is 3. The fraction of sp³-hybridized carbons (Fsp3) is 0.700. The van der Waals surface area contributed by atoms with Crippen LogP contribution in [0.2, 0.25) is 0 Å². The van der Waals surface area contributed by atoms with E-state index in [4.69, 9.17) is 5.73 Å². The van der Waals surface area contributed by atoms with Crippen molar-refractivity contribution in [1.29, 1.82) is 0 Å². The van der Waals surface area contributed by atoms with Crippen LogP contribution in [0, 0.1) is 12.8 Å². The van der Waals surface area contributed by atoms with Crippen LogP contribution < -0.4 is 5.73 Å². The molecule has 14 heavy (non-hydrogen) atoms. The van der Waals surface area contributed by atoms with Crippen LogP contribution in [0.15, 0.2) is 5.03 Å². The van der Waals surface area contributed by atoms with Crippen molar-refractivity contribution in [3.8, 4) is 0 Å². The zero-order valence-electron chi connectivity index (χ0n) is 9.37. The van der Waals surface area contributed by atoms with Crippen LogP contribution in [-0.4, -0.2) is 15.5 Å². The highest BCUT2D eigenvalue weighted by molar-refractivity contribution is 7.99. The number of thioether (sulfide) groups is 1. The lowest BCUT2D eigenvalue weighted by molar-refractivity contribution is 0.684. The van der Waals surface area contributed by atoms with Gasteiger partial charge in [-0.25, -0.2) is 0 Å². The first kappa shape index (κ1) is 11.6. The van der Waals surface area contributed by atoms with Crippen LogP contribution in [0.5, 0.6) is 0 Å². The van der Waals surface area contributed by atoms with E-state index >= 15 is 0 Å². The second-order valence-corrected chi connectivity index (χ2v) is 4.91. The molecule has 1 aromatic heterocycles. The third kappa shape index (κ3) is 2.51. The van der Waals surface area contributed by atoms with Crippen molar-refractivity contribution in [1.82, 2.24) is 9.78 Å². The molecule has 4 heteroatoms. The zero-order chi connectivity index (χ0) is 10.7. The van der Waals surface area contributed by atoms with Crippen molar-refractivity contribution < 1.29 is 0 Å². The van der Waals surface area contributed by atoms with Gasteiger partial charge in [0.2, 0.25) is 0 Å². The van der Waals surface area contributed by atoms with Crippen LogP contribution in [-0.2, 0) is 13.6 Å². The standard InChI is InChI=1S/C10H19N3S/c1-7(2)6-14-10-9(5-11)8(3)12-13(10)4/h7H,5-6,11H2,1-4H3. The van der Waals surface area contributed by atoms with Gasteiger partial charge in [-0.3, -0.25) is 4.68 Å². The molecule has 1 heterocycles. The lowest BCUT2D eigenvalue weighted by Gasteiger charge is -2.06. The molecule has 0 radical (unpaired) electrons. The molecule has 0 atom stereocenters. The first-order chi connectivity index (χ1) is 6.56. The molecule has 0 spiro atoms. The van der Waals surface area contributed by atoms with E-state index in [0.717, 1.165) is 11.4 Å². The van der Waals surface area contributed by atoms with E-state index in [-0.39, 0.29) is 0 Å². The summed E-state index contributed by atoms with van der Waals surface area (Å²) in [6.07, 6.45) is 0. The quantitative estimate of drug-likeness (QED) is 0.777. The Balaban J connectivity index is 2.83. The lowest BCUT2D eigenvalue weighted by atomic mass is 10.3. The van der Waals surface area contributed by atoms with Crippen molar-refractivity contribution in [2.75, 3.05) is 5.75 Å². The molecule has 0 aliphatic carbocycles. The monoisotopic (exact) mass is 213 g/mol. The number of rotatable bonds is 4. The summed E-state index contributed by atoms with van der Waals surface area (Å²) in [5.74, 6) is 1.81. The molecule has 2 N–H and O–H groups in total. The normalized spacial score (nSPS) is 11.3. The maximum Gasteiger partial charge on any atom is 0.0984 e. The Morgan fingerprint density at radius 3 is 2.64 bits per heavy atom. The predicted octanol–water partition coefficient (Wildman–Crippen LogP) is 1.94. The Morgan fingerprint density at radius 2 is 2.14 bits per heavy atom. The van der Waals surface area contributed by atoms with Gasteiger partial charge in [0, 0.05) is 24.9 Å². The van der Waals surface area contributed by atoms with Crippen LogP contribution >= 0.6 is 11.8 Å². The van der Waals surface area contributed by atoms with Gasteiger partial charge in [0.05, 0.1) is 10.7 Å². The smallest absolute Gasteiger partial charge is 0.0984 e. The molecule has 0 aliphatic heterocycles. The average Bonchev–Trinajstić information content (AvgIpc) is 2.36. The molecule has 1 rings (SSSR count). The van der Waals surface area contributed by atoms with E-state index < -0.39 is 0 Å². The number of aryl methyl sites for hydroxylation is 2. The SMILES string of the molecule is Cc1nn(C)c(SCC(C)C)c1CN. The summed E-state index contributed by atoms with van der Waals surface area (Å²) in [6, 6.07) is 0. The molecule has 0 aliphatic rings. The number of hydrogen-bond donors (Lipinski definition) is 1. The minimum absolute atomic E-state index is 0.583. The fourth-order valence-electron chi connectivity index (χ4n) is 1.34. The molecule has 0 aromatic carbocycles. The van der Waals surface area contributed by atoms with Crippen molar-refractivity contribution in [2.45, 2.75) is 32.3 Å². The Labute approximate surface area is 90.1 Å². The third-order valence-corrected chi connectivity index (χ3v) is 3.66. The lowest BCUT2D eigenvalue weighted by Crippen LogP contribution is -2.01. The molecule has 0 saturated carbocycles. The highest BCUT2D eigenvalue weighted by atomic mass is 32.2. The summed E-state index contributed by atoms with van der Waals surface area (Å²) in [5.41, 5.74) is 7.95. The van der Waals surface area contributed by atoms with Crippen LogP contribution in [0.4, 0.5) is 0 Å². The minimum Gasteiger partial charge on any atom is -0.326 e. The molecular formula is C10H19N3S. The zero-order valence-corrected chi connectivity index (χ0v) is 10.2. The molecule has 0 amide bonds. The van der Waals surface area contributed by atoms with Gasteiger partial charge in [-0.2, -0.15) is 5.10 Å². The van der Waals surface area contributed by atoms with E-state index in [1.54, 1.807) is 0 Å². The first-order valence-corrected chi connectivity index (χ1v) is 5.90. The second kappa shape index (κ2) is 4.84. The first-order valence-electron chi connectivity index (χ1n) is 4.91. The van der Waals surface area contributed by atoms with E-state index in [9.17, 15) is 0 Å². The molecule has 1 aromatic rings. The van der Waals surface area contributed by atoms with Crippen molar-refractivity contribution >= 4 is 11.8 Å². The summed E-state index contributed by atoms with van der Waals surface area (Å²) in [5, 5.41) is 5.60. The topological polar surface area (TPSA) is 43.8 Å². The summed E-state index contributed by atoms with van der Waals surface area (Å²) < 4.78 is 1.94. The highest BCUT2D eigenvalue weighted by Crippen LogP contribution is 2.25. The molecular weight excluding hydrogens is 194 g/mol. The fourth-order valence-corrected chi connectivity index (χ4v) is 2.47. The van der Waals surface area contributed by atoms with E-state index in [1.807, 2.05) is 30.4 Å². The van der Waals surface area contributed by atoms with Gasteiger partial charge in [0.15, 0.2) is 0 Å². The maximum absolute atomic E-state index is 5.70. The van der Waals surface area contributed by atoms with Gasteiger partial charge < -0.3 is 5.73 Å². The van der Waals surface area contributed by atoms with Gasteiger partial charge in [-0.1, -0.05) is 13.8 Å². The molecule has 0 unspecified atom stereocenters. The van der Waals surface area contributed by atoms with Crippen molar-refractivity contribution in [2.24, 2.45) is 18.7 Å². The number of nitrogens with two attached hydrogens (primary N) is 1. The number of aromatic nitrogens is 2. The Morgan fingerprint density at radius 1 is 1.50 bits per heavy atom. The van der Waals surface area contributed by atoms with Crippen molar-refractivity contribution in [3.63, 3.8) is 0 Å². The maximum atomic E-state index is 5.70.